The number of β-amino-alcohol motifs (C(OH)–C–C–N with tert-alkyl or cyclic N) is 1. The quantitative estimate of drug-likeness (QED) is 0.164. The fourth-order valence-corrected chi connectivity index (χ4v) is 5.74. The number of rotatable bonds is 12. The number of aliphatic hydroxyl groups excluding tert-OH is 3. The van der Waals surface area contributed by atoms with Gasteiger partial charge in [0.15, 0.2) is 6.10 Å². The number of hydrogen-bond donors (Lipinski definition) is 5. The van der Waals surface area contributed by atoms with Crippen molar-refractivity contribution in [3.63, 3.8) is 0 Å². The summed E-state index contributed by atoms with van der Waals surface area (Å²) in [5, 5.41) is 37.2. The van der Waals surface area contributed by atoms with Crippen molar-refractivity contribution >= 4 is 18.1 Å². The second kappa shape index (κ2) is 16.8. The van der Waals surface area contributed by atoms with E-state index in [1.165, 1.54) is 13.3 Å². The molecule has 5 unspecified atom stereocenters. The molecule has 1 saturated heterocycles. The highest BCUT2D eigenvalue weighted by molar-refractivity contribution is 5.81. The largest absolute Gasteiger partial charge is 0.455 e. The first-order chi connectivity index (χ1) is 20.0. The number of unbranched alkanes of at least 4 members (excludes halogenated alkanes) is 3. The maximum Gasteiger partial charge on any atom is 0.408 e. The Kier molecular flexibility index (Phi) is 14.5. The molecule has 0 radical (unpaired) electrons. The Hall–Kier alpha value is -2.15. The molecule has 250 valence electrons. The van der Waals surface area contributed by atoms with Crippen molar-refractivity contribution < 1.29 is 39.2 Å². The number of nitrogens with one attached hydrogen (secondary N) is 2. The van der Waals surface area contributed by atoms with Crippen molar-refractivity contribution in [2.75, 3.05) is 26.2 Å². The van der Waals surface area contributed by atoms with Gasteiger partial charge < -0.3 is 40.3 Å². The van der Waals surface area contributed by atoms with Crippen LogP contribution >= 0.6 is 0 Å². The van der Waals surface area contributed by atoms with E-state index >= 15 is 0 Å². The van der Waals surface area contributed by atoms with Crippen molar-refractivity contribution in [2.24, 2.45) is 0 Å². The summed E-state index contributed by atoms with van der Waals surface area (Å²) >= 11 is 0. The van der Waals surface area contributed by atoms with Crippen molar-refractivity contribution in [2.45, 2.75) is 154 Å². The first kappa shape index (κ1) is 37.0. The molecule has 1 saturated carbocycles. The molecule has 1 aliphatic carbocycles. The number of piperidine rings is 1. The van der Waals surface area contributed by atoms with E-state index in [2.05, 4.69) is 10.6 Å². The molecule has 12 nitrogen and oxygen atoms in total. The number of likely N-dealkylation sites (tertiary alicyclic amines) is 1. The van der Waals surface area contributed by atoms with E-state index in [0.717, 1.165) is 51.4 Å². The van der Waals surface area contributed by atoms with Crippen LogP contribution in [0, 0.1) is 0 Å². The standard InChI is InChI=1S/C31H58N4O8/c1-21(32-29(41)43-31(5,6)7)27(39)42-26-24(37)19-34(23(20-36)25(26)38)17-13-8-9-14-18-35(22-15-11-10-12-16-22)28(40)33-30(2,3)4/h21-26,36-38H,8-20H2,1-7H3,(H,32,41)(H,33,40). The fourth-order valence-electron chi connectivity index (χ4n) is 5.74. The van der Waals surface area contributed by atoms with Gasteiger partial charge in [-0.05, 0) is 80.7 Å². The molecule has 0 aromatic heterocycles. The van der Waals surface area contributed by atoms with E-state index in [1.807, 2.05) is 30.6 Å². The summed E-state index contributed by atoms with van der Waals surface area (Å²) in [7, 11) is 0. The van der Waals surface area contributed by atoms with Crippen LogP contribution in [0.3, 0.4) is 0 Å². The third kappa shape index (κ3) is 12.8. The summed E-state index contributed by atoms with van der Waals surface area (Å²) in [4.78, 5) is 41.5. The van der Waals surface area contributed by atoms with Gasteiger partial charge in [0.2, 0.25) is 0 Å². The Morgan fingerprint density at radius 2 is 1.60 bits per heavy atom. The highest BCUT2D eigenvalue weighted by Gasteiger charge is 2.44. The average Bonchev–Trinajstić information content (AvgIpc) is 2.88. The maximum absolute atomic E-state index is 13.0. The van der Waals surface area contributed by atoms with Crippen LogP contribution in [0.4, 0.5) is 9.59 Å². The predicted molar refractivity (Wildman–Crippen MR) is 164 cm³/mol. The average molecular weight is 615 g/mol. The Morgan fingerprint density at radius 1 is 0.977 bits per heavy atom. The molecule has 2 rings (SSSR count). The lowest BCUT2D eigenvalue weighted by atomic mass is 9.93. The Bertz CT molecular complexity index is 884. The summed E-state index contributed by atoms with van der Waals surface area (Å²) in [6.07, 6.45) is 4.65. The lowest BCUT2D eigenvalue weighted by molar-refractivity contribution is -0.187. The van der Waals surface area contributed by atoms with Gasteiger partial charge in [0, 0.05) is 24.7 Å². The van der Waals surface area contributed by atoms with Gasteiger partial charge >= 0.3 is 18.1 Å². The first-order valence-electron chi connectivity index (χ1n) is 16.0. The van der Waals surface area contributed by atoms with Gasteiger partial charge in [-0.2, -0.15) is 0 Å². The number of ether oxygens (including phenoxy) is 2. The minimum atomic E-state index is -1.31. The van der Waals surface area contributed by atoms with Crippen LogP contribution in [0.2, 0.25) is 0 Å². The second-order valence-electron chi connectivity index (χ2n) is 14.2. The number of alkyl carbamates (subject to hydrolysis) is 1. The summed E-state index contributed by atoms with van der Waals surface area (Å²) in [6.45, 7) is 13.5. The number of carbonyl (C=O) groups excluding carboxylic acids is 3. The SMILES string of the molecule is CC(NC(=O)OC(C)(C)C)C(=O)OC1C(O)CN(CCCCCCN(C(=O)NC(C)(C)C)C2CCCCC2)C(CO)C1O. The third-order valence-corrected chi connectivity index (χ3v) is 7.88. The van der Waals surface area contributed by atoms with E-state index in [-0.39, 0.29) is 30.8 Å². The summed E-state index contributed by atoms with van der Waals surface area (Å²) < 4.78 is 10.5. The van der Waals surface area contributed by atoms with Crippen molar-refractivity contribution in [3.05, 3.63) is 0 Å². The van der Waals surface area contributed by atoms with Crippen LogP contribution in [0.5, 0.6) is 0 Å². The molecule has 2 aliphatic rings. The molecular formula is C31H58N4O8. The number of urea groups is 1. The number of esters is 1. The van der Waals surface area contributed by atoms with Crippen molar-refractivity contribution in [1.29, 1.82) is 0 Å². The van der Waals surface area contributed by atoms with Crippen LogP contribution in [0.15, 0.2) is 0 Å². The number of amides is 3. The first-order valence-corrected chi connectivity index (χ1v) is 16.0. The zero-order valence-corrected chi connectivity index (χ0v) is 27.4. The molecule has 0 aromatic rings. The van der Waals surface area contributed by atoms with E-state index in [1.54, 1.807) is 20.8 Å². The summed E-state index contributed by atoms with van der Waals surface area (Å²) in [5.74, 6) is -0.822. The molecule has 1 aliphatic heterocycles. The molecule has 5 N–H and O–H groups in total. The minimum absolute atomic E-state index is 0.00625. The van der Waals surface area contributed by atoms with Gasteiger partial charge in [-0.25, -0.2) is 14.4 Å². The fraction of sp³-hybridized carbons (Fsp3) is 0.903. The topological polar surface area (TPSA) is 161 Å². The molecule has 5 atom stereocenters. The smallest absolute Gasteiger partial charge is 0.408 e. The third-order valence-electron chi connectivity index (χ3n) is 7.88. The lowest BCUT2D eigenvalue weighted by Crippen LogP contribution is -2.64. The van der Waals surface area contributed by atoms with E-state index < -0.39 is 48.1 Å². The van der Waals surface area contributed by atoms with Crippen molar-refractivity contribution in [3.8, 4) is 0 Å². The van der Waals surface area contributed by atoms with Gasteiger partial charge in [-0.3, -0.25) is 4.90 Å². The zero-order valence-electron chi connectivity index (χ0n) is 27.4. The molecule has 1 heterocycles. The maximum atomic E-state index is 13.0. The molecule has 0 bridgehead atoms. The van der Waals surface area contributed by atoms with Crippen LogP contribution in [0.1, 0.15) is 106 Å². The van der Waals surface area contributed by atoms with Crippen LogP contribution in [-0.4, -0.2) is 117 Å². The van der Waals surface area contributed by atoms with E-state index in [0.29, 0.717) is 13.1 Å². The molecule has 43 heavy (non-hydrogen) atoms. The zero-order chi connectivity index (χ0) is 32.4. The number of hydrogen-bond acceptors (Lipinski definition) is 9. The normalized spacial score (nSPS) is 24.6. The lowest BCUT2D eigenvalue weighted by Gasteiger charge is -2.44. The van der Waals surface area contributed by atoms with Gasteiger partial charge in [0.25, 0.3) is 0 Å². The molecule has 0 spiro atoms. The van der Waals surface area contributed by atoms with Gasteiger partial charge in [-0.1, -0.05) is 32.1 Å². The highest BCUT2D eigenvalue weighted by Crippen LogP contribution is 2.25. The molecule has 12 heteroatoms. The predicted octanol–water partition coefficient (Wildman–Crippen LogP) is 2.91. The highest BCUT2D eigenvalue weighted by atomic mass is 16.6. The van der Waals surface area contributed by atoms with Gasteiger partial charge in [0.05, 0.1) is 12.6 Å². The van der Waals surface area contributed by atoms with Gasteiger partial charge in [-0.15, -0.1) is 0 Å². The van der Waals surface area contributed by atoms with Crippen molar-refractivity contribution in [1.82, 2.24) is 20.4 Å². The molecule has 2 fully saturated rings. The Balaban J connectivity index is 1.82. The number of carbonyl (C=O) groups is 3. The van der Waals surface area contributed by atoms with E-state index in [4.69, 9.17) is 9.47 Å². The monoisotopic (exact) mass is 614 g/mol. The second-order valence-corrected chi connectivity index (χ2v) is 14.2. The minimum Gasteiger partial charge on any atom is -0.455 e. The van der Waals surface area contributed by atoms with E-state index in [9.17, 15) is 29.7 Å². The Labute approximate surface area is 257 Å². The van der Waals surface area contributed by atoms with Gasteiger partial charge in [0.1, 0.15) is 23.9 Å². The molecule has 3 amide bonds. The summed E-state index contributed by atoms with van der Waals surface area (Å²) in [5.41, 5.74) is -1.03. The molecular weight excluding hydrogens is 556 g/mol. The van der Waals surface area contributed by atoms with Crippen LogP contribution < -0.4 is 10.6 Å². The van der Waals surface area contributed by atoms with Crippen LogP contribution in [-0.2, 0) is 14.3 Å². The summed E-state index contributed by atoms with van der Waals surface area (Å²) in [6, 6.07) is -1.48. The molecule has 0 aromatic carbocycles. The Morgan fingerprint density at radius 3 is 2.19 bits per heavy atom. The van der Waals surface area contributed by atoms with Crippen LogP contribution in [0.25, 0.3) is 0 Å². The number of aliphatic hydroxyl groups is 3. The number of nitrogens with zero attached hydrogens (tertiary/aromatic N) is 2.